The van der Waals surface area contributed by atoms with Crippen LogP contribution in [-0.2, 0) is 0 Å². The van der Waals surface area contributed by atoms with Crippen LogP contribution in [0.2, 0.25) is 0 Å². The van der Waals surface area contributed by atoms with Gasteiger partial charge in [0.1, 0.15) is 0 Å². The molecule has 2 aromatic rings. The molecule has 0 bridgehead atoms. The minimum atomic E-state index is -0.105. The number of anilines is 1. The van der Waals surface area contributed by atoms with E-state index in [9.17, 15) is 4.79 Å². The summed E-state index contributed by atoms with van der Waals surface area (Å²) < 4.78 is 11.4. The molecule has 0 unspecified atom stereocenters. The average molecular weight is 333 g/mol. The molecule has 0 saturated heterocycles. The highest BCUT2D eigenvalue weighted by Crippen LogP contribution is 2.31. The van der Waals surface area contributed by atoms with Crippen LogP contribution in [0.1, 0.15) is 41.2 Å². The zero-order valence-electron chi connectivity index (χ0n) is 13.8. The van der Waals surface area contributed by atoms with Crippen LogP contribution < -0.4 is 14.8 Å². The second-order valence-corrected chi connectivity index (χ2v) is 6.51. The van der Waals surface area contributed by atoms with E-state index in [-0.39, 0.29) is 5.91 Å². The topological polar surface area (TPSA) is 47.6 Å². The van der Waals surface area contributed by atoms with Gasteiger partial charge in [0.05, 0.1) is 18.1 Å². The summed E-state index contributed by atoms with van der Waals surface area (Å²) in [6, 6.07) is 9.27. The number of aryl methyl sites for hydroxylation is 1. The standard InChI is InChI=1S/C18H23NO3S/c1-4-10-21-15-8-7-14(12-16(15)22-11-5-2)19-18(20)17-9-6-13(3)23-17/h6-9,12H,4-5,10-11H2,1-3H3,(H,19,20). The van der Waals surface area contributed by atoms with Crippen LogP contribution in [0.5, 0.6) is 11.5 Å². The van der Waals surface area contributed by atoms with E-state index < -0.39 is 0 Å². The van der Waals surface area contributed by atoms with Crippen LogP contribution in [-0.4, -0.2) is 19.1 Å². The van der Waals surface area contributed by atoms with E-state index in [4.69, 9.17) is 9.47 Å². The fourth-order valence-corrected chi connectivity index (χ4v) is 2.75. The van der Waals surface area contributed by atoms with Crippen molar-refractivity contribution in [3.8, 4) is 11.5 Å². The SMILES string of the molecule is CCCOc1ccc(NC(=O)c2ccc(C)s2)cc1OCCC. The lowest BCUT2D eigenvalue weighted by Crippen LogP contribution is -2.10. The number of nitrogens with one attached hydrogen (secondary N) is 1. The Kier molecular flexibility index (Phi) is 6.47. The zero-order valence-corrected chi connectivity index (χ0v) is 14.7. The maximum atomic E-state index is 12.2. The third kappa shape index (κ3) is 4.99. The normalized spacial score (nSPS) is 10.4. The lowest BCUT2D eigenvalue weighted by molar-refractivity contribution is 0.103. The molecule has 0 fully saturated rings. The van der Waals surface area contributed by atoms with Crippen molar-refractivity contribution in [1.82, 2.24) is 0 Å². The van der Waals surface area contributed by atoms with Crippen LogP contribution in [0.4, 0.5) is 5.69 Å². The molecule has 0 aliphatic carbocycles. The predicted molar refractivity (Wildman–Crippen MR) is 95.0 cm³/mol. The highest BCUT2D eigenvalue weighted by Gasteiger charge is 2.11. The maximum Gasteiger partial charge on any atom is 0.265 e. The summed E-state index contributed by atoms with van der Waals surface area (Å²) in [4.78, 5) is 14.1. The summed E-state index contributed by atoms with van der Waals surface area (Å²) in [5.74, 6) is 1.28. The molecular weight excluding hydrogens is 310 g/mol. The Balaban J connectivity index is 2.13. The van der Waals surface area contributed by atoms with Gasteiger partial charge >= 0.3 is 0 Å². The number of carbonyl (C=O) groups excluding carboxylic acids is 1. The minimum Gasteiger partial charge on any atom is -0.490 e. The molecule has 1 heterocycles. The van der Waals surface area contributed by atoms with E-state index in [1.807, 2.05) is 37.3 Å². The Morgan fingerprint density at radius 3 is 2.35 bits per heavy atom. The molecule has 0 saturated carbocycles. The van der Waals surface area contributed by atoms with Gasteiger partial charge < -0.3 is 14.8 Å². The van der Waals surface area contributed by atoms with Crippen molar-refractivity contribution < 1.29 is 14.3 Å². The molecule has 5 heteroatoms. The Labute approximate surface area is 141 Å². The summed E-state index contributed by atoms with van der Waals surface area (Å²) in [5, 5.41) is 2.91. The third-order valence-electron chi connectivity index (χ3n) is 3.09. The van der Waals surface area contributed by atoms with E-state index in [1.54, 1.807) is 0 Å². The van der Waals surface area contributed by atoms with Crippen LogP contribution in [0.15, 0.2) is 30.3 Å². The highest BCUT2D eigenvalue weighted by atomic mass is 32.1. The largest absolute Gasteiger partial charge is 0.490 e. The summed E-state index contributed by atoms with van der Waals surface area (Å²) in [6.45, 7) is 7.35. The molecule has 0 aliphatic rings. The van der Waals surface area contributed by atoms with Crippen molar-refractivity contribution in [2.45, 2.75) is 33.6 Å². The predicted octanol–water partition coefficient (Wildman–Crippen LogP) is 4.89. The number of amides is 1. The van der Waals surface area contributed by atoms with Gasteiger partial charge in [-0.15, -0.1) is 11.3 Å². The average Bonchev–Trinajstić information content (AvgIpc) is 2.98. The first-order valence-electron chi connectivity index (χ1n) is 7.91. The van der Waals surface area contributed by atoms with Crippen LogP contribution in [0, 0.1) is 6.92 Å². The number of hydrogen-bond donors (Lipinski definition) is 1. The Morgan fingerprint density at radius 1 is 1.04 bits per heavy atom. The quantitative estimate of drug-likeness (QED) is 0.748. The second-order valence-electron chi connectivity index (χ2n) is 5.22. The van der Waals surface area contributed by atoms with Crippen LogP contribution >= 0.6 is 11.3 Å². The molecule has 124 valence electrons. The fourth-order valence-electron chi connectivity index (χ4n) is 1.99. The fraction of sp³-hybridized carbons (Fsp3) is 0.389. The second kappa shape index (κ2) is 8.58. The monoisotopic (exact) mass is 333 g/mol. The smallest absolute Gasteiger partial charge is 0.265 e. The van der Waals surface area contributed by atoms with E-state index in [2.05, 4.69) is 19.2 Å². The Bertz CT molecular complexity index is 651. The summed E-state index contributed by atoms with van der Waals surface area (Å²) >= 11 is 1.48. The van der Waals surface area contributed by atoms with Crippen LogP contribution in [0.3, 0.4) is 0 Å². The van der Waals surface area contributed by atoms with Gasteiger partial charge in [0, 0.05) is 16.6 Å². The lowest BCUT2D eigenvalue weighted by Gasteiger charge is -2.14. The first-order chi connectivity index (χ1) is 11.1. The molecular formula is C18H23NO3S. The first-order valence-corrected chi connectivity index (χ1v) is 8.73. The van der Waals surface area contributed by atoms with Gasteiger partial charge in [-0.05, 0) is 44.0 Å². The van der Waals surface area contributed by atoms with Gasteiger partial charge in [-0.1, -0.05) is 13.8 Å². The van der Waals surface area contributed by atoms with Gasteiger partial charge in [0.2, 0.25) is 0 Å². The molecule has 0 atom stereocenters. The molecule has 4 nitrogen and oxygen atoms in total. The van der Waals surface area contributed by atoms with E-state index in [0.29, 0.717) is 35.3 Å². The van der Waals surface area contributed by atoms with Crippen LogP contribution in [0.25, 0.3) is 0 Å². The lowest BCUT2D eigenvalue weighted by atomic mass is 10.2. The minimum absolute atomic E-state index is 0.105. The van der Waals surface area contributed by atoms with E-state index in [0.717, 1.165) is 17.7 Å². The van der Waals surface area contributed by atoms with Gasteiger partial charge in [-0.3, -0.25) is 4.79 Å². The van der Waals surface area contributed by atoms with Gasteiger partial charge in [0.25, 0.3) is 5.91 Å². The summed E-state index contributed by atoms with van der Waals surface area (Å²) in [7, 11) is 0. The molecule has 1 aromatic carbocycles. The molecule has 0 aliphatic heterocycles. The van der Waals surface area contributed by atoms with E-state index >= 15 is 0 Å². The third-order valence-corrected chi connectivity index (χ3v) is 4.09. The van der Waals surface area contributed by atoms with Crippen molar-refractivity contribution in [2.75, 3.05) is 18.5 Å². The zero-order chi connectivity index (χ0) is 16.7. The van der Waals surface area contributed by atoms with Gasteiger partial charge in [-0.2, -0.15) is 0 Å². The Hall–Kier alpha value is -2.01. The highest BCUT2D eigenvalue weighted by molar-refractivity contribution is 7.14. The molecule has 1 N–H and O–H groups in total. The summed E-state index contributed by atoms with van der Waals surface area (Å²) in [5.41, 5.74) is 0.705. The van der Waals surface area contributed by atoms with Crippen molar-refractivity contribution >= 4 is 22.9 Å². The molecule has 23 heavy (non-hydrogen) atoms. The molecule has 1 aromatic heterocycles. The number of ether oxygens (including phenoxy) is 2. The number of hydrogen-bond acceptors (Lipinski definition) is 4. The van der Waals surface area contributed by atoms with Crippen molar-refractivity contribution in [3.05, 3.63) is 40.1 Å². The van der Waals surface area contributed by atoms with Crippen molar-refractivity contribution in [1.29, 1.82) is 0 Å². The Morgan fingerprint density at radius 2 is 1.74 bits per heavy atom. The number of carbonyl (C=O) groups is 1. The van der Waals surface area contributed by atoms with Gasteiger partial charge in [-0.25, -0.2) is 0 Å². The van der Waals surface area contributed by atoms with Gasteiger partial charge in [0.15, 0.2) is 11.5 Å². The van der Waals surface area contributed by atoms with Crippen molar-refractivity contribution in [3.63, 3.8) is 0 Å². The summed E-state index contributed by atoms with van der Waals surface area (Å²) in [6.07, 6.45) is 1.85. The number of rotatable bonds is 8. The number of benzene rings is 1. The van der Waals surface area contributed by atoms with Crippen molar-refractivity contribution in [2.24, 2.45) is 0 Å². The maximum absolute atomic E-state index is 12.2. The van der Waals surface area contributed by atoms with E-state index in [1.165, 1.54) is 11.3 Å². The molecule has 0 radical (unpaired) electrons. The number of thiophene rings is 1. The first kappa shape index (κ1) is 17.3. The molecule has 2 rings (SSSR count). The molecule has 0 spiro atoms. The molecule has 1 amide bonds.